The van der Waals surface area contributed by atoms with Crippen LogP contribution in [0.5, 0.6) is 0 Å². The summed E-state index contributed by atoms with van der Waals surface area (Å²) in [6, 6.07) is 0. The summed E-state index contributed by atoms with van der Waals surface area (Å²) in [5.74, 6) is 1.57. The summed E-state index contributed by atoms with van der Waals surface area (Å²) in [4.78, 5) is 20.4. The second-order valence-corrected chi connectivity index (χ2v) is 8.13. The van der Waals surface area contributed by atoms with E-state index >= 15 is 0 Å². The molecule has 2 unspecified atom stereocenters. The van der Waals surface area contributed by atoms with Gasteiger partial charge in [0.25, 0.3) is 0 Å². The number of ether oxygens (including phenoxy) is 2. The zero-order chi connectivity index (χ0) is 21.0. The SMILES string of the molecule is CC(CCCCCCCOC(=O)O)CCC(C)CCCCCCCOC(=O)O. The minimum atomic E-state index is -1.17. The molecule has 0 aromatic heterocycles. The second kappa shape index (κ2) is 18.9. The van der Waals surface area contributed by atoms with E-state index in [0.717, 1.165) is 50.4 Å². The first-order valence-corrected chi connectivity index (χ1v) is 11.1. The number of hydrogen-bond acceptors (Lipinski definition) is 4. The van der Waals surface area contributed by atoms with Crippen LogP contribution in [0, 0.1) is 11.8 Å². The molecular formula is C22H42O6. The van der Waals surface area contributed by atoms with Crippen LogP contribution in [0.3, 0.4) is 0 Å². The van der Waals surface area contributed by atoms with E-state index in [4.69, 9.17) is 10.2 Å². The molecule has 0 aliphatic rings. The molecule has 0 spiro atoms. The van der Waals surface area contributed by atoms with Gasteiger partial charge in [-0.05, 0) is 24.7 Å². The van der Waals surface area contributed by atoms with Crippen molar-refractivity contribution in [3.05, 3.63) is 0 Å². The van der Waals surface area contributed by atoms with Gasteiger partial charge in [0.05, 0.1) is 13.2 Å². The van der Waals surface area contributed by atoms with Gasteiger partial charge in [0, 0.05) is 0 Å². The molecule has 28 heavy (non-hydrogen) atoms. The highest BCUT2D eigenvalue weighted by molar-refractivity contribution is 5.56. The lowest BCUT2D eigenvalue weighted by molar-refractivity contribution is 0.0887. The van der Waals surface area contributed by atoms with Gasteiger partial charge in [-0.1, -0.05) is 90.9 Å². The average Bonchev–Trinajstić information content (AvgIpc) is 2.63. The molecule has 6 nitrogen and oxygen atoms in total. The lowest BCUT2D eigenvalue weighted by Gasteiger charge is -2.15. The maximum absolute atomic E-state index is 10.2. The van der Waals surface area contributed by atoms with Crippen molar-refractivity contribution in [2.75, 3.05) is 13.2 Å². The average molecular weight is 403 g/mol. The van der Waals surface area contributed by atoms with Gasteiger partial charge in [-0.3, -0.25) is 0 Å². The summed E-state index contributed by atoms with van der Waals surface area (Å²) < 4.78 is 9.00. The van der Waals surface area contributed by atoms with Gasteiger partial charge in [-0.25, -0.2) is 9.59 Å². The van der Waals surface area contributed by atoms with Crippen molar-refractivity contribution < 1.29 is 29.3 Å². The van der Waals surface area contributed by atoms with Crippen molar-refractivity contribution >= 4 is 12.3 Å². The largest absolute Gasteiger partial charge is 0.505 e. The standard InChI is InChI=1S/C22H42O6/c1-19(13-9-5-3-7-11-17-27-21(23)24)15-16-20(2)14-10-6-4-8-12-18-28-22(25)26/h19-20H,3-18H2,1-2H3,(H,23,24)(H,25,26). The Bertz CT molecular complexity index is 349. The summed E-state index contributed by atoms with van der Waals surface area (Å²) in [6.45, 7) is 5.35. The fraction of sp³-hybridized carbons (Fsp3) is 0.909. The summed E-state index contributed by atoms with van der Waals surface area (Å²) in [7, 11) is 0. The van der Waals surface area contributed by atoms with Crippen LogP contribution in [0.2, 0.25) is 0 Å². The van der Waals surface area contributed by atoms with E-state index in [2.05, 4.69) is 23.3 Å². The van der Waals surface area contributed by atoms with Crippen molar-refractivity contribution in [1.29, 1.82) is 0 Å². The number of carbonyl (C=O) groups is 2. The van der Waals surface area contributed by atoms with E-state index in [1.807, 2.05) is 0 Å². The molecule has 0 aliphatic heterocycles. The van der Waals surface area contributed by atoms with Gasteiger partial charge >= 0.3 is 12.3 Å². The van der Waals surface area contributed by atoms with E-state index in [1.165, 1.54) is 51.4 Å². The molecule has 0 saturated carbocycles. The molecule has 0 fully saturated rings. The third kappa shape index (κ3) is 20.8. The van der Waals surface area contributed by atoms with E-state index < -0.39 is 12.3 Å². The zero-order valence-corrected chi connectivity index (χ0v) is 18.0. The summed E-state index contributed by atoms with van der Waals surface area (Å²) in [5, 5.41) is 16.8. The van der Waals surface area contributed by atoms with Crippen LogP contribution in [0.25, 0.3) is 0 Å². The molecule has 0 aromatic carbocycles. The summed E-state index contributed by atoms with van der Waals surface area (Å²) in [6.07, 6.45) is 13.9. The number of carboxylic acid groups (broad SMARTS) is 2. The summed E-state index contributed by atoms with van der Waals surface area (Å²) >= 11 is 0. The molecule has 0 amide bonds. The molecule has 0 aliphatic carbocycles. The first-order chi connectivity index (χ1) is 13.4. The predicted molar refractivity (Wildman–Crippen MR) is 111 cm³/mol. The quantitative estimate of drug-likeness (QED) is 0.177. The Labute approximate surface area is 171 Å². The monoisotopic (exact) mass is 402 g/mol. The maximum Gasteiger partial charge on any atom is 0.505 e. The topological polar surface area (TPSA) is 93.1 Å². The molecular weight excluding hydrogens is 360 g/mol. The van der Waals surface area contributed by atoms with Crippen LogP contribution < -0.4 is 0 Å². The van der Waals surface area contributed by atoms with Crippen LogP contribution in [-0.4, -0.2) is 35.7 Å². The lowest BCUT2D eigenvalue weighted by atomic mass is 9.91. The van der Waals surface area contributed by atoms with Gasteiger partial charge in [0.1, 0.15) is 0 Å². The van der Waals surface area contributed by atoms with Crippen molar-refractivity contribution in [1.82, 2.24) is 0 Å². The minimum absolute atomic E-state index is 0.322. The van der Waals surface area contributed by atoms with Crippen molar-refractivity contribution in [2.24, 2.45) is 11.8 Å². The van der Waals surface area contributed by atoms with E-state index in [1.54, 1.807) is 0 Å². The van der Waals surface area contributed by atoms with E-state index in [0.29, 0.717) is 13.2 Å². The van der Waals surface area contributed by atoms with Crippen LogP contribution in [-0.2, 0) is 9.47 Å². The summed E-state index contributed by atoms with van der Waals surface area (Å²) in [5.41, 5.74) is 0. The first-order valence-electron chi connectivity index (χ1n) is 11.1. The van der Waals surface area contributed by atoms with E-state index in [-0.39, 0.29) is 0 Å². The number of unbranched alkanes of at least 4 members (excludes halogenated alkanes) is 8. The zero-order valence-electron chi connectivity index (χ0n) is 18.0. The third-order valence-corrected chi connectivity index (χ3v) is 5.29. The van der Waals surface area contributed by atoms with Gasteiger partial charge in [-0.2, -0.15) is 0 Å². The third-order valence-electron chi connectivity index (χ3n) is 5.29. The normalized spacial score (nSPS) is 13.1. The minimum Gasteiger partial charge on any atom is -0.450 e. The Morgan fingerprint density at radius 1 is 0.571 bits per heavy atom. The molecule has 0 aromatic rings. The van der Waals surface area contributed by atoms with Gasteiger partial charge < -0.3 is 19.7 Å². The van der Waals surface area contributed by atoms with Crippen molar-refractivity contribution in [3.8, 4) is 0 Å². The highest BCUT2D eigenvalue weighted by atomic mass is 16.7. The van der Waals surface area contributed by atoms with Crippen LogP contribution >= 0.6 is 0 Å². The van der Waals surface area contributed by atoms with E-state index in [9.17, 15) is 9.59 Å². The fourth-order valence-electron chi connectivity index (χ4n) is 3.43. The van der Waals surface area contributed by atoms with Gasteiger partial charge in [0.15, 0.2) is 0 Å². The van der Waals surface area contributed by atoms with Gasteiger partial charge in [0.2, 0.25) is 0 Å². The molecule has 0 rings (SSSR count). The molecule has 0 radical (unpaired) electrons. The molecule has 6 heteroatoms. The molecule has 0 bridgehead atoms. The second-order valence-electron chi connectivity index (χ2n) is 8.13. The smallest absolute Gasteiger partial charge is 0.450 e. The maximum atomic E-state index is 10.2. The Balaban J connectivity index is 3.35. The number of hydrogen-bond donors (Lipinski definition) is 2. The molecule has 0 saturated heterocycles. The van der Waals surface area contributed by atoms with Crippen LogP contribution in [0.15, 0.2) is 0 Å². The van der Waals surface area contributed by atoms with Gasteiger partial charge in [-0.15, -0.1) is 0 Å². The van der Waals surface area contributed by atoms with Crippen LogP contribution in [0.1, 0.15) is 104 Å². The fourth-order valence-corrected chi connectivity index (χ4v) is 3.43. The Morgan fingerprint density at radius 2 is 0.893 bits per heavy atom. The highest BCUT2D eigenvalue weighted by Gasteiger charge is 2.07. The molecule has 2 N–H and O–H groups in total. The van der Waals surface area contributed by atoms with Crippen LogP contribution in [0.4, 0.5) is 9.59 Å². The predicted octanol–water partition coefficient (Wildman–Crippen LogP) is 7.11. The van der Waals surface area contributed by atoms with Crippen molar-refractivity contribution in [3.63, 3.8) is 0 Å². The number of rotatable bonds is 19. The highest BCUT2D eigenvalue weighted by Crippen LogP contribution is 2.22. The molecule has 0 heterocycles. The molecule has 166 valence electrons. The Kier molecular flexibility index (Phi) is 17.9. The van der Waals surface area contributed by atoms with Crippen molar-refractivity contribution in [2.45, 2.75) is 104 Å². The Morgan fingerprint density at radius 3 is 1.25 bits per heavy atom. The Hall–Kier alpha value is -1.46. The molecule has 2 atom stereocenters. The lowest BCUT2D eigenvalue weighted by Crippen LogP contribution is -2.02. The first kappa shape index (κ1) is 26.5.